The third kappa shape index (κ3) is 2.65. The van der Waals surface area contributed by atoms with Crippen LogP contribution in [0.3, 0.4) is 0 Å². The molecular formula is C15H21N3O2S. The van der Waals surface area contributed by atoms with Crippen molar-refractivity contribution in [1.29, 1.82) is 0 Å². The van der Waals surface area contributed by atoms with Crippen molar-refractivity contribution in [2.75, 3.05) is 18.8 Å². The summed E-state index contributed by atoms with van der Waals surface area (Å²) in [6.07, 6.45) is 4.51. The lowest BCUT2D eigenvalue weighted by Gasteiger charge is -2.19. The largest absolute Gasteiger partial charge is 0.399 e. The van der Waals surface area contributed by atoms with Crippen LogP contribution in [0.5, 0.6) is 0 Å². The van der Waals surface area contributed by atoms with Gasteiger partial charge in [0.1, 0.15) is 4.90 Å². The smallest absolute Gasteiger partial charge is 0.245 e. The van der Waals surface area contributed by atoms with Crippen molar-refractivity contribution >= 4 is 26.6 Å². The first kappa shape index (κ1) is 14.4. The van der Waals surface area contributed by atoms with E-state index in [1.807, 2.05) is 6.07 Å². The molecule has 5 nitrogen and oxygen atoms in total. The lowest BCUT2D eigenvalue weighted by Crippen LogP contribution is -2.32. The highest BCUT2D eigenvalue weighted by Gasteiger charge is 2.28. The Labute approximate surface area is 125 Å². The second-order valence-electron chi connectivity index (χ2n) is 5.90. The van der Waals surface area contributed by atoms with E-state index in [0.717, 1.165) is 24.8 Å². The van der Waals surface area contributed by atoms with Crippen LogP contribution >= 0.6 is 0 Å². The number of H-pyrrole nitrogens is 1. The van der Waals surface area contributed by atoms with Crippen LogP contribution in [-0.4, -0.2) is 30.8 Å². The number of nitrogens with zero attached hydrogens (tertiary/aromatic N) is 1. The van der Waals surface area contributed by atoms with Crippen molar-refractivity contribution in [2.24, 2.45) is 5.92 Å². The number of anilines is 1. The Bertz CT molecular complexity index is 751. The number of hydrogen-bond donors (Lipinski definition) is 2. The van der Waals surface area contributed by atoms with Gasteiger partial charge in [-0.3, -0.25) is 0 Å². The Hall–Kier alpha value is -1.53. The first-order chi connectivity index (χ1) is 9.98. The molecule has 1 aliphatic heterocycles. The summed E-state index contributed by atoms with van der Waals surface area (Å²) in [6, 6.07) is 5.30. The number of nitrogens with two attached hydrogens (primary N) is 1. The predicted molar refractivity (Wildman–Crippen MR) is 84.5 cm³/mol. The number of aromatic nitrogens is 1. The highest BCUT2D eigenvalue weighted by molar-refractivity contribution is 7.89. The van der Waals surface area contributed by atoms with E-state index in [0.29, 0.717) is 35.0 Å². The van der Waals surface area contributed by atoms with Gasteiger partial charge in [-0.15, -0.1) is 0 Å². The van der Waals surface area contributed by atoms with E-state index >= 15 is 0 Å². The van der Waals surface area contributed by atoms with Crippen molar-refractivity contribution < 1.29 is 8.42 Å². The van der Waals surface area contributed by atoms with Crippen molar-refractivity contribution in [3.8, 4) is 0 Å². The van der Waals surface area contributed by atoms with E-state index in [2.05, 4.69) is 11.9 Å². The van der Waals surface area contributed by atoms with Crippen LogP contribution < -0.4 is 5.73 Å². The minimum atomic E-state index is -3.46. The van der Waals surface area contributed by atoms with Gasteiger partial charge in [-0.05, 0) is 43.4 Å². The van der Waals surface area contributed by atoms with Crippen LogP contribution in [0.4, 0.5) is 5.69 Å². The molecule has 6 heteroatoms. The monoisotopic (exact) mass is 307 g/mol. The van der Waals surface area contributed by atoms with Gasteiger partial charge in [0.05, 0.1) is 0 Å². The molecule has 0 radical (unpaired) electrons. The van der Waals surface area contributed by atoms with Crippen molar-refractivity contribution in [2.45, 2.75) is 31.1 Å². The molecule has 1 aliphatic rings. The predicted octanol–water partition coefficient (Wildman–Crippen LogP) is 2.56. The van der Waals surface area contributed by atoms with Crippen LogP contribution in [0.1, 0.15) is 26.2 Å². The minimum Gasteiger partial charge on any atom is -0.399 e. The molecule has 1 saturated heterocycles. The molecule has 21 heavy (non-hydrogen) atoms. The molecule has 1 aromatic carbocycles. The third-order valence-corrected chi connectivity index (χ3v) is 6.20. The fraction of sp³-hybridized carbons (Fsp3) is 0.467. The SMILES string of the molecule is CC1CCCN(S(=O)(=O)c2c[nH]c3ccc(N)cc23)CC1. The second kappa shape index (κ2) is 5.35. The lowest BCUT2D eigenvalue weighted by atomic mass is 10.0. The van der Waals surface area contributed by atoms with E-state index in [1.54, 1.807) is 22.6 Å². The number of rotatable bonds is 2. The summed E-state index contributed by atoms with van der Waals surface area (Å²) in [5.41, 5.74) is 7.16. The first-order valence-corrected chi connectivity index (χ1v) is 8.79. The number of fused-ring (bicyclic) bond motifs is 1. The van der Waals surface area contributed by atoms with E-state index in [4.69, 9.17) is 5.73 Å². The van der Waals surface area contributed by atoms with E-state index in [9.17, 15) is 8.42 Å². The Morgan fingerprint density at radius 3 is 2.90 bits per heavy atom. The average Bonchev–Trinajstić information content (AvgIpc) is 2.73. The van der Waals surface area contributed by atoms with Crippen molar-refractivity contribution in [3.05, 3.63) is 24.4 Å². The third-order valence-electron chi connectivity index (χ3n) is 4.26. The molecular weight excluding hydrogens is 286 g/mol. The van der Waals surface area contributed by atoms with Gasteiger partial charge < -0.3 is 10.7 Å². The van der Waals surface area contributed by atoms with E-state index < -0.39 is 10.0 Å². The molecule has 1 fully saturated rings. The number of hydrogen-bond acceptors (Lipinski definition) is 3. The molecule has 1 aromatic heterocycles. The van der Waals surface area contributed by atoms with Gasteiger partial charge in [0.15, 0.2) is 0 Å². The Morgan fingerprint density at radius 2 is 2.10 bits per heavy atom. The quantitative estimate of drug-likeness (QED) is 0.837. The van der Waals surface area contributed by atoms with Crippen LogP contribution in [0.2, 0.25) is 0 Å². The Morgan fingerprint density at radius 1 is 1.29 bits per heavy atom. The van der Waals surface area contributed by atoms with Crippen LogP contribution in [0.25, 0.3) is 10.9 Å². The van der Waals surface area contributed by atoms with Gasteiger partial charge in [0, 0.05) is 35.9 Å². The maximum Gasteiger partial charge on any atom is 0.245 e. The van der Waals surface area contributed by atoms with Crippen LogP contribution in [0, 0.1) is 5.92 Å². The van der Waals surface area contributed by atoms with Gasteiger partial charge in [-0.2, -0.15) is 4.31 Å². The summed E-state index contributed by atoms with van der Waals surface area (Å²) in [5, 5.41) is 0.673. The Balaban J connectivity index is 2.01. The molecule has 0 spiro atoms. The van der Waals surface area contributed by atoms with Gasteiger partial charge in [-0.25, -0.2) is 8.42 Å². The molecule has 0 saturated carbocycles. The van der Waals surface area contributed by atoms with Gasteiger partial charge in [0.25, 0.3) is 0 Å². The fourth-order valence-electron chi connectivity index (χ4n) is 2.94. The molecule has 3 rings (SSSR count). The highest BCUT2D eigenvalue weighted by atomic mass is 32.2. The second-order valence-corrected chi connectivity index (χ2v) is 7.80. The topological polar surface area (TPSA) is 79.2 Å². The molecule has 0 bridgehead atoms. The molecule has 0 amide bonds. The van der Waals surface area contributed by atoms with Crippen LogP contribution in [-0.2, 0) is 10.0 Å². The number of benzene rings is 1. The Kier molecular flexibility index (Phi) is 3.67. The standard InChI is InChI=1S/C15H21N3O2S/c1-11-3-2-7-18(8-6-11)21(19,20)15-10-17-14-5-4-12(16)9-13(14)15/h4-5,9-11,17H,2-3,6-8,16H2,1H3. The molecule has 3 N–H and O–H groups in total. The highest BCUT2D eigenvalue weighted by Crippen LogP contribution is 2.29. The lowest BCUT2D eigenvalue weighted by molar-refractivity contribution is 0.417. The number of sulfonamides is 1. The molecule has 114 valence electrons. The van der Waals surface area contributed by atoms with Crippen molar-refractivity contribution in [3.63, 3.8) is 0 Å². The first-order valence-electron chi connectivity index (χ1n) is 7.35. The fourth-order valence-corrected chi connectivity index (χ4v) is 4.59. The van der Waals surface area contributed by atoms with Crippen LogP contribution in [0.15, 0.2) is 29.3 Å². The molecule has 1 atom stereocenters. The van der Waals surface area contributed by atoms with Gasteiger partial charge in [-0.1, -0.05) is 6.92 Å². The summed E-state index contributed by atoms with van der Waals surface area (Å²) >= 11 is 0. The zero-order chi connectivity index (χ0) is 15.0. The summed E-state index contributed by atoms with van der Waals surface area (Å²) in [5.74, 6) is 0.587. The molecule has 0 aliphatic carbocycles. The molecule has 2 heterocycles. The number of nitrogen functional groups attached to an aromatic ring is 1. The summed E-state index contributed by atoms with van der Waals surface area (Å²) < 4.78 is 27.4. The van der Waals surface area contributed by atoms with E-state index in [1.165, 1.54) is 0 Å². The zero-order valence-electron chi connectivity index (χ0n) is 12.2. The van der Waals surface area contributed by atoms with Crippen molar-refractivity contribution in [1.82, 2.24) is 9.29 Å². The number of nitrogens with one attached hydrogen (secondary N) is 1. The summed E-state index contributed by atoms with van der Waals surface area (Å²) in [6.45, 7) is 3.38. The molecule has 1 unspecified atom stereocenters. The zero-order valence-corrected chi connectivity index (χ0v) is 13.0. The van der Waals surface area contributed by atoms with Gasteiger partial charge in [0.2, 0.25) is 10.0 Å². The maximum atomic E-state index is 12.9. The minimum absolute atomic E-state index is 0.333. The normalized spacial score (nSPS) is 21.5. The summed E-state index contributed by atoms with van der Waals surface area (Å²) in [4.78, 5) is 3.36. The number of aromatic amines is 1. The maximum absolute atomic E-state index is 12.9. The average molecular weight is 307 g/mol. The summed E-state index contributed by atoms with van der Waals surface area (Å²) in [7, 11) is -3.46. The van der Waals surface area contributed by atoms with Gasteiger partial charge >= 0.3 is 0 Å². The van der Waals surface area contributed by atoms with E-state index in [-0.39, 0.29) is 0 Å². The molecule has 2 aromatic rings.